The van der Waals surface area contributed by atoms with Crippen LogP contribution < -0.4 is 20.1 Å². The van der Waals surface area contributed by atoms with Gasteiger partial charge in [0.25, 0.3) is 5.91 Å². The van der Waals surface area contributed by atoms with Crippen LogP contribution in [0.4, 0.5) is 11.6 Å². The summed E-state index contributed by atoms with van der Waals surface area (Å²) in [6.07, 6.45) is 1.48. The van der Waals surface area contributed by atoms with Crippen LogP contribution in [-0.4, -0.2) is 27.3 Å². The Balaban J connectivity index is 1.49. The van der Waals surface area contributed by atoms with Crippen LogP contribution >= 0.6 is 0 Å². The molecule has 0 spiro atoms. The molecule has 3 aromatic carbocycles. The number of ether oxygens (including phenoxy) is 2. The molecule has 1 aliphatic heterocycles. The maximum atomic E-state index is 13.6. The molecule has 1 aromatic heterocycles. The molecule has 0 saturated carbocycles. The number of allylic oxidation sites excluding steroid dienone is 1. The minimum absolute atomic E-state index is 0.218. The number of benzene rings is 3. The number of hydrogen-bond acceptors (Lipinski definition) is 6. The second-order valence-corrected chi connectivity index (χ2v) is 9.33. The van der Waals surface area contributed by atoms with Gasteiger partial charge in [0.1, 0.15) is 19.0 Å². The normalized spacial score (nSPS) is 14.5. The molecule has 4 aromatic rings. The number of aryl methyl sites for hydroxylation is 2. The highest BCUT2D eigenvalue weighted by Crippen LogP contribution is 2.39. The van der Waals surface area contributed by atoms with Crippen LogP contribution in [0.5, 0.6) is 11.5 Å². The summed E-state index contributed by atoms with van der Waals surface area (Å²) in [5, 5.41) is 10.7. The Hall–Kier alpha value is -4.59. The predicted octanol–water partition coefficient (Wildman–Crippen LogP) is 5.80. The zero-order valence-corrected chi connectivity index (χ0v) is 22.0. The number of amides is 1. The van der Waals surface area contributed by atoms with Crippen molar-refractivity contribution >= 4 is 17.5 Å². The van der Waals surface area contributed by atoms with Crippen molar-refractivity contribution in [3.8, 4) is 11.5 Å². The molecule has 194 valence electrons. The lowest BCUT2D eigenvalue weighted by atomic mass is 9.94. The molecule has 8 nitrogen and oxygen atoms in total. The third kappa shape index (κ3) is 5.25. The number of anilines is 2. The smallest absolute Gasteiger partial charge is 0.255 e. The van der Waals surface area contributed by atoms with Crippen molar-refractivity contribution < 1.29 is 14.3 Å². The van der Waals surface area contributed by atoms with E-state index in [0.717, 1.165) is 22.4 Å². The predicted molar refractivity (Wildman–Crippen MR) is 147 cm³/mol. The molecule has 0 radical (unpaired) electrons. The number of nitrogens with one attached hydrogen (secondary N) is 2. The largest absolute Gasteiger partial charge is 0.490 e. The van der Waals surface area contributed by atoms with Gasteiger partial charge < -0.3 is 20.1 Å². The van der Waals surface area contributed by atoms with Crippen LogP contribution in [-0.2, 0) is 11.4 Å². The molecule has 1 atom stereocenters. The van der Waals surface area contributed by atoms with E-state index in [4.69, 9.17) is 9.47 Å². The monoisotopic (exact) mass is 509 g/mol. The number of aromatic nitrogens is 3. The number of rotatable bonds is 8. The zero-order valence-electron chi connectivity index (χ0n) is 22.0. The zero-order chi connectivity index (χ0) is 26.6. The fourth-order valence-electron chi connectivity index (χ4n) is 4.66. The van der Waals surface area contributed by atoms with Crippen molar-refractivity contribution in [2.45, 2.75) is 40.3 Å². The molecule has 8 heteroatoms. The average molecular weight is 510 g/mol. The van der Waals surface area contributed by atoms with Gasteiger partial charge in [-0.25, -0.2) is 4.68 Å². The van der Waals surface area contributed by atoms with Crippen LogP contribution in [0.15, 0.2) is 84.3 Å². The lowest BCUT2D eigenvalue weighted by Crippen LogP contribution is -2.31. The van der Waals surface area contributed by atoms with E-state index in [0.29, 0.717) is 41.9 Å². The Morgan fingerprint density at radius 2 is 1.76 bits per heavy atom. The molecule has 5 rings (SSSR count). The van der Waals surface area contributed by atoms with Crippen molar-refractivity contribution in [3.05, 3.63) is 107 Å². The lowest BCUT2D eigenvalue weighted by molar-refractivity contribution is -0.113. The van der Waals surface area contributed by atoms with Crippen LogP contribution in [0.1, 0.15) is 42.1 Å². The molecule has 0 aliphatic carbocycles. The molecule has 0 fully saturated rings. The van der Waals surface area contributed by atoms with E-state index in [9.17, 15) is 4.79 Å². The molecular weight excluding hydrogens is 478 g/mol. The summed E-state index contributed by atoms with van der Waals surface area (Å²) < 4.78 is 13.8. The first-order chi connectivity index (χ1) is 18.4. The summed E-state index contributed by atoms with van der Waals surface area (Å²) in [6.45, 7) is 8.75. The van der Waals surface area contributed by atoms with E-state index in [1.54, 1.807) is 4.68 Å². The van der Waals surface area contributed by atoms with Crippen molar-refractivity contribution in [2.24, 2.45) is 0 Å². The molecule has 0 bridgehead atoms. The molecular formula is C30H31N5O3. The summed E-state index contributed by atoms with van der Waals surface area (Å²) in [5.41, 5.74) is 6.13. The van der Waals surface area contributed by atoms with Gasteiger partial charge in [-0.3, -0.25) is 4.79 Å². The van der Waals surface area contributed by atoms with Gasteiger partial charge in [0.2, 0.25) is 5.95 Å². The summed E-state index contributed by atoms with van der Waals surface area (Å²) in [4.78, 5) is 18.0. The second kappa shape index (κ2) is 10.8. The first-order valence-electron chi connectivity index (χ1n) is 12.6. The SMILES string of the molecule is CCOc1cc(C2C(C(=O)Nc3cccc(C)c3)=C(C)Nc3ncnn32)ccc1OCc1cccc(C)c1. The highest BCUT2D eigenvalue weighted by Gasteiger charge is 2.34. The fourth-order valence-corrected chi connectivity index (χ4v) is 4.66. The topological polar surface area (TPSA) is 90.3 Å². The minimum atomic E-state index is -0.511. The van der Waals surface area contributed by atoms with Gasteiger partial charge >= 0.3 is 0 Å². The van der Waals surface area contributed by atoms with Gasteiger partial charge in [-0.1, -0.05) is 48.0 Å². The number of carbonyl (C=O) groups excluding carboxylic acids is 1. The molecule has 1 unspecified atom stereocenters. The second-order valence-electron chi connectivity index (χ2n) is 9.33. The molecule has 2 N–H and O–H groups in total. The van der Waals surface area contributed by atoms with Gasteiger partial charge in [-0.15, -0.1) is 0 Å². The minimum Gasteiger partial charge on any atom is -0.490 e. The summed E-state index contributed by atoms with van der Waals surface area (Å²) in [6, 6.07) is 21.2. The van der Waals surface area contributed by atoms with Gasteiger partial charge in [-0.05, 0) is 68.7 Å². The third-order valence-corrected chi connectivity index (χ3v) is 6.38. The molecule has 38 heavy (non-hydrogen) atoms. The summed E-state index contributed by atoms with van der Waals surface area (Å²) in [5.74, 6) is 1.59. The Labute approximate surface area is 222 Å². The Morgan fingerprint density at radius 1 is 0.974 bits per heavy atom. The average Bonchev–Trinajstić information content (AvgIpc) is 3.35. The van der Waals surface area contributed by atoms with Crippen molar-refractivity contribution in [1.82, 2.24) is 14.8 Å². The summed E-state index contributed by atoms with van der Waals surface area (Å²) in [7, 11) is 0. The highest BCUT2D eigenvalue weighted by molar-refractivity contribution is 6.06. The van der Waals surface area contributed by atoms with Gasteiger partial charge in [-0.2, -0.15) is 10.1 Å². The van der Waals surface area contributed by atoms with E-state index in [-0.39, 0.29) is 5.91 Å². The highest BCUT2D eigenvalue weighted by atomic mass is 16.5. The fraction of sp³-hybridized carbons (Fsp3) is 0.233. The maximum absolute atomic E-state index is 13.6. The van der Waals surface area contributed by atoms with Gasteiger partial charge in [0, 0.05) is 11.4 Å². The van der Waals surface area contributed by atoms with E-state index in [1.165, 1.54) is 11.9 Å². The first kappa shape index (κ1) is 25.1. The lowest BCUT2D eigenvalue weighted by Gasteiger charge is -2.29. The summed E-state index contributed by atoms with van der Waals surface area (Å²) >= 11 is 0. The van der Waals surface area contributed by atoms with Crippen molar-refractivity contribution in [1.29, 1.82) is 0 Å². The molecule has 2 heterocycles. The van der Waals surface area contributed by atoms with Crippen molar-refractivity contribution in [2.75, 3.05) is 17.2 Å². The van der Waals surface area contributed by atoms with E-state index in [1.807, 2.05) is 75.4 Å². The van der Waals surface area contributed by atoms with Crippen molar-refractivity contribution in [3.63, 3.8) is 0 Å². The van der Waals surface area contributed by atoms with E-state index < -0.39 is 6.04 Å². The van der Waals surface area contributed by atoms with Crippen LogP contribution in [0.2, 0.25) is 0 Å². The molecule has 1 aliphatic rings. The Kier molecular flexibility index (Phi) is 7.13. The van der Waals surface area contributed by atoms with Crippen LogP contribution in [0.25, 0.3) is 0 Å². The quantitative estimate of drug-likeness (QED) is 0.312. The number of fused-ring (bicyclic) bond motifs is 1. The number of carbonyl (C=O) groups is 1. The first-order valence-corrected chi connectivity index (χ1v) is 12.6. The third-order valence-electron chi connectivity index (χ3n) is 6.38. The van der Waals surface area contributed by atoms with E-state index >= 15 is 0 Å². The number of hydrogen-bond donors (Lipinski definition) is 2. The Morgan fingerprint density at radius 3 is 2.53 bits per heavy atom. The molecule has 1 amide bonds. The van der Waals surface area contributed by atoms with Crippen LogP contribution in [0, 0.1) is 13.8 Å². The van der Waals surface area contributed by atoms with E-state index in [2.05, 4.69) is 39.8 Å². The maximum Gasteiger partial charge on any atom is 0.255 e. The van der Waals surface area contributed by atoms with Gasteiger partial charge in [0.15, 0.2) is 11.5 Å². The van der Waals surface area contributed by atoms with Crippen LogP contribution in [0.3, 0.4) is 0 Å². The standard InChI is InChI=1S/C30H31N5O3/c1-5-37-26-16-23(12-13-25(26)38-17-22-10-6-8-19(2)14-22)28-27(21(4)33-30-31-18-32-35(28)30)29(36)34-24-11-7-9-20(3)15-24/h6-16,18,28H,5,17H2,1-4H3,(H,34,36)(H,31,32,33). The Bertz CT molecular complexity index is 1510. The molecule has 0 saturated heterocycles. The van der Waals surface area contributed by atoms with Gasteiger partial charge in [0.05, 0.1) is 12.2 Å². The number of nitrogens with zero attached hydrogens (tertiary/aromatic N) is 3.